The molecule has 125 heavy (non-hydrogen) atoms. The van der Waals surface area contributed by atoms with Gasteiger partial charge in [-0.15, -0.1) is 0 Å². The summed E-state index contributed by atoms with van der Waals surface area (Å²) in [5.74, 6) is 0. The lowest BCUT2D eigenvalue weighted by Gasteiger charge is -2.40. The van der Waals surface area contributed by atoms with E-state index < -0.39 is 0 Å². The van der Waals surface area contributed by atoms with Crippen molar-refractivity contribution in [3.63, 3.8) is 0 Å². The van der Waals surface area contributed by atoms with Crippen molar-refractivity contribution in [2.45, 2.75) is 437 Å². The van der Waals surface area contributed by atoms with Gasteiger partial charge in [-0.1, -0.05) is 450 Å². The second-order valence-electron chi connectivity index (χ2n) is 41.4. The molecule has 0 saturated carbocycles. The van der Waals surface area contributed by atoms with Gasteiger partial charge in [0.1, 0.15) is 22.3 Å². The molecule has 3 heteroatoms. The maximum atomic E-state index is 7.73. The van der Waals surface area contributed by atoms with E-state index in [1.165, 1.54) is 397 Å². The molecule has 0 unspecified atom stereocenters. The minimum absolute atomic E-state index is 0.0104. The second-order valence-corrected chi connectivity index (χ2v) is 41.4. The van der Waals surface area contributed by atoms with E-state index in [9.17, 15) is 0 Å². The molecule has 0 spiro atoms. The van der Waals surface area contributed by atoms with Gasteiger partial charge in [0, 0.05) is 65.8 Å². The first kappa shape index (κ1) is 92.1. The molecule has 0 bridgehead atoms. The van der Waals surface area contributed by atoms with E-state index in [0.29, 0.717) is 0 Å². The molecule has 9 aromatic carbocycles. The summed E-state index contributed by atoms with van der Waals surface area (Å²) in [6.45, 7) is 26.3. The number of hydrogen-bond acceptors (Lipinski definition) is 3. The molecule has 0 N–H and O–H groups in total. The first-order valence-electron chi connectivity index (χ1n) is 52.8. The van der Waals surface area contributed by atoms with Gasteiger partial charge in [0.2, 0.25) is 0 Å². The molecule has 4 aliphatic carbocycles. The number of fused-ring (bicyclic) bond motifs is 22. The van der Waals surface area contributed by atoms with Gasteiger partial charge < -0.3 is 13.7 Å². The minimum Gasteiger partial charge on any atom is -0.456 e. The molecule has 0 radical (unpaired) electrons. The van der Waals surface area contributed by atoms with Gasteiger partial charge >= 0.3 is 0 Å². The van der Waals surface area contributed by atoms with E-state index >= 15 is 0 Å². The maximum absolute atomic E-state index is 7.73. The van der Waals surface area contributed by atoms with Gasteiger partial charge in [-0.25, -0.2) is 0 Å². The van der Waals surface area contributed by atoms with Crippen LogP contribution in [-0.2, 0) is 27.1 Å². The molecule has 2 aromatic heterocycles. The van der Waals surface area contributed by atoms with Crippen molar-refractivity contribution in [1.82, 2.24) is 0 Å². The Bertz CT molecular complexity index is 5250. The topological polar surface area (TPSA) is 29.5 Å². The van der Waals surface area contributed by atoms with Gasteiger partial charge in [0.05, 0.1) is 0 Å². The molecule has 0 fully saturated rings. The zero-order chi connectivity index (χ0) is 86.8. The van der Waals surface area contributed by atoms with Crippen LogP contribution in [0.4, 0.5) is 17.1 Å². The highest BCUT2D eigenvalue weighted by molar-refractivity contribution is 6.21. The Balaban J connectivity index is 0.992. The summed E-state index contributed by atoms with van der Waals surface area (Å²) in [6, 6.07) is 65.5. The Morgan fingerprint density at radius 1 is 0.240 bits per heavy atom. The quantitative estimate of drug-likeness (QED) is 0.0356. The number of benzene rings is 9. The van der Waals surface area contributed by atoms with Crippen molar-refractivity contribution >= 4 is 60.9 Å². The summed E-state index contributed by atoms with van der Waals surface area (Å²) in [6.07, 6.45) is 65.8. The highest BCUT2D eigenvalue weighted by Gasteiger charge is 2.55. The van der Waals surface area contributed by atoms with Crippen LogP contribution in [0, 0.1) is 0 Å². The number of unbranched alkanes of at least 4 members (excludes halogenated alkanes) is 36. The fourth-order valence-corrected chi connectivity index (χ4v) is 25.1. The molecule has 668 valence electrons. The average Bonchev–Trinajstić information content (AvgIpc) is 1.49. The van der Waals surface area contributed by atoms with E-state index in [0.717, 1.165) is 48.0 Å². The van der Waals surface area contributed by atoms with E-state index in [1.54, 1.807) is 44.5 Å². The molecule has 0 atom stereocenters. The lowest BCUT2D eigenvalue weighted by Crippen LogP contribution is -2.33. The van der Waals surface area contributed by atoms with Gasteiger partial charge in [0.25, 0.3) is 0 Å². The van der Waals surface area contributed by atoms with E-state index in [2.05, 4.69) is 239 Å². The third kappa shape index (κ3) is 18.8. The van der Waals surface area contributed by atoms with Crippen LogP contribution in [0.1, 0.15) is 460 Å². The summed E-state index contributed by atoms with van der Waals surface area (Å²) >= 11 is 0. The largest absolute Gasteiger partial charge is 0.456 e. The third-order valence-electron chi connectivity index (χ3n) is 31.8. The van der Waals surface area contributed by atoms with Gasteiger partial charge in [-0.3, -0.25) is 0 Å². The van der Waals surface area contributed by atoms with Crippen LogP contribution in [0.2, 0.25) is 0 Å². The number of para-hydroxylation sites is 2. The van der Waals surface area contributed by atoms with Crippen LogP contribution in [0.25, 0.3) is 88.4 Å². The van der Waals surface area contributed by atoms with Crippen LogP contribution in [0.5, 0.6) is 0 Å². The van der Waals surface area contributed by atoms with Gasteiger partial charge in [0.15, 0.2) is 0 Å². The van der Waals surface area contributed by atoms with Crippen molar-refractivity contribution in [1.29, 1.82) is 0 Å². The van der Waals surface area contributed by atoms with Crippen molar-refractivity contribution in [3.05, 3.63) is 208 Å². The number of anilines is 3. The average molecular weight is 1680 g/mol. The Labute approximate surface area is 759 Å². The van der Waals surface area contributed by atoms with Crippen LogP contribution in [0.3, 0.4) is 0 Å². The van der Waals surface area contributed by atoms with Crippen LogP contribution in [0.15, 0.2) is 167 Å². The lowest BCUT2D eigenvalue weighted by atomic mass is 9.62. The summed E-state index contributed by atoms with van der Waals surface area (Å²) in [4.78, 5) is 2.80. The molecule has 2 heterocycles. The first-order valence-corrected chi connectivity index (χ1v) is 52.8. The van der Waals surface area contributed by atoms with Gasteiger partial charge in [-0.05, 0) is 213 Å². The Morgan fingerprint density at radius 3 is 1.06 bits per heavy atom. The molecule has 15 rings (SSSR count). The summed E-state index contributed by atoms with van der Waals surface area (Å²) in [5, 5.41) is 5.25. The fraction of sp³-hybridized carbons (Fsp3) is 0.557. The normalized spacial score (nSPS) is 14.7. The molecule has 11 aromatic rings. The van der Waals surface area contributed by atoms with Crippen molar-refractivity contribution < 1.29 is 8.83 Å². The van der Waals surface area contributed by atoms with Crippen molar-refractivity contribution in [2.24, 2.45) is 0 Å². The van der Waals surface area contributed by atoms with Gasteiger partial charge in [-0.2, -0.15) is 0 Å². The monoisotopic (exact) mass is 1670 g/mol. The summed E-state index contributed by atoms with van der Waals surface area (Å²) in [5.41, 5.74) is 33.5. The molecule has 0 aliphatic heterocycles. The Morgan fingerprint density at radius 2 is 0.584 bits per heavy atom. The minimum atomic E-state index is -0.259. The highest BCUT2D eigenvalue weighted by atomic mass is 16.3. The SMILES string of the molecule is CCCCCCCCC1(CCCCCCCC)c2cc(N(c3ccc(C(C)(C)C)cc3)c3ccc4c(c3)C(CCCCCCC)(CCCCCCC)c3c5c(c6oc7ccccc7c6c3-4)-c3ccccc3C5(CCCCCCC)CCCCCCC)ccc2-c2cc3c(cc21)-c1c(ccc2oc4ccccc4c12)C3(CCCCCCCC)CCCCCCCC. The maximum Gasteiger partial charge on any atom is 0.144 e. The van der Waals surface area contributed by atoms with Crippen LogP contribution in [-0.4, -0.2) is 0 Å². The number of nitrogens with zero attached hydrogens (tertiary/aromatic N) is 1. The third-order valence-corrected chi connectivity index (χ3v) is 31.8. The molecular formula is C122H163NO2. The predicted molar refractivity (Wildman–Crippen MR) is 545 cm³/mol. The smallest absolute Gasteiger partial charge is 0.144 e. The lowest BCUT2D eigenvalue weighted by molar-refractivity contribution is 0.369. The molecule has 4 aliphatic rings. The van der Waals surface area contributed by atoms with Crippen LogP contribution < -0.4 is 4.90 Å². The fourth-order valence-electron chi connectivity index (χ4n) is 25.1. The van der Waals surface area contributed by atoms with Crippen LogP contribution >= 0.6 is 0 Å². The zero-order valence-corrected chi connectivity index (χ0v) is 80.5. The second kappa shape index (κ2) is 43.2. The predicted octanol–water partition coefficient (Wildman–Crippen LogP) is 39.8. The van der Waals surface area contributed by atoms with E-state index in [1.807, 2.05) is 0 Å². The van der Waals surface area contributed by atoms with Crippen molar-refractivity contribution in [2.75, 3.05) is 4.90 Å². The summed E-state index contributed by atoms with van der Waals surface area (Å²) < 4.78 is 14.8. The Kier molecular flexibility index (Phi) is 31.8. The zero-order valence-electron chi connectivity index (χ0n) is 80.5. The standard InChI is InChI=1S/C122H163NO2/c1-12-20-28-36-44-54-78-119(79-55-45-37-29-21-13-2)102-76-77-109-111(97-63-49-52-66-107(97)124-109)110(102)100-89-105-99(88-106(100)119)94-74-72-92(86-103(94)120(105,80-56-46-38-30-22-14-3)81-57-47-39-31-23-15-4)123(91-70-68-90(69-71-91)118(9,10)11)93-73-75-96-104(87-93)122(84-60-42-34-26-18-7,85-61-43-35-27-19-8)115-112(96)113-98-64-50-53-67-108(98)125-117(113)114-95-62-48-51-65-101(95)121(116(114)115,82-58-40-32-24-16-5)83-59-41-33-25-17-6/h48-53,62-77,86-89H,12-47,54-61,78-85H2,1-11H3. The van der Waals surface area contributed by atoms with Crippen molar-refractivity contribution in [3.8, 4) is 44.5 Å². The Hall–Kier alpha value is -7.62. The number of hydrogen-bond donors (Lipinski definition) is 0. The molecule has 0 amide bonds. The first-order chi connectivity index (χ1) is 61.3. The molecule has 3 nitrogen and oxygen atoms in total. The van der Waals surface area contributed by atoms with E-state index in [-0.39, 0.29) is 27.1 Å². The number of furan rings is 2. The molecule has 0 saturated heterocycles. The highest BCUT2D eigenvalue weighted by Crippen LogP contribution is 2.69. The van der Waals surface area contributed by atoms with E-state index in [4.69, 9.17) is 8.83 Å². The number of rotatable bonds is 55. The molecular weight excluding hydrogens is 1510 g/mol. The summed E-state index contributed by atoms with van der Waals surface area (Å²) in [7, 11) is 0.